The lowest BCUT2D eigenvalue weighted by molar-refractivity contribution is 0.337. The first-order valence-electron chi connectivity index (χ1n) is 7.25. The molecule has 2 rings (SSSR count). The van der Waals surface area contributed by atoms with Gasteiger partial charge in [0.05, 0.1) is 0 Å². The summed E-state index contributed by atoms with van der Waals surface area (Å²) in [5.41, 5.74) is 1.21. The molecule has 0 heterocycles. The van der Waals surface area contributed by atoms with Crippen molar-refractivity contribution in [3.8, 4) is 11.8 Å². The largest absolute Gasteiger partial charge is 0.0945 e. The zero-order valence-electron chi connectivity index (χ0n) is 12.2. The van der Waals surface area contributed by atoms with E-state index in [1.807, 2.05) is 0 Å². The fourth-order valence-electron chi connectivity index (χ4n) is 2.73. The van der Waals surface area contributed by atoms with E-state index in [0.717, 1.165) is 16.0 Å². The fraction of sp³-hybridized carbons (Fsp3) is 0.556. The summed E-state index contributed by atoms with van der Waals surface area (Å²) < 4.78 is 1.14. The van der Waals surface area contributed by atoms with E-state index in [4.69, 9.17) is 0 Å². The molecule has 19 heavy (non-hydrogen) atoms. The Balaban J connectivity index is 2.07. The molecule has 2 aliphatic rings. The Morgan fingerprint density at radius 3 is 2.47 bits per heavy atom. The lowest BCUT2D eigenvalue weighted by Crippen LogP contribution is -2.10. The predicted octanol–water partition coefficient (Wildman–Crippen LogP) is 5.62. The minimum atomic E-state index is 0.0629. The van der Waals surface area contributed by atoms with Crippen LogP contribution in [0.25, 0.3) is 0 Å². The molecule has 0 radical (unpaired) electrons. The summed E-state index contributed by atoms with van der Waals surface area (Å²) in [4.78, 5) is 0. The summed E-state index contributed by atoms with van der Waals surface area (Å²) in [5, 5.41) is 0. The van der Waals surface area contributed by atoms with E-state index in [-0.39, 0.29) is 5.41 Å². The third-order valence-corrected chi connectivity index (χ3v) is 4.39. The van der Waals surface area contributed by atoms with Gasteiger partial charge in [-0.1, -0.05) is 60.7 Å². The van der Waals surface area contributed by atoms with Crippen molar-refractivity contribution in [3.05, 3.63) is 34.4 Å². The van der Waals surface area contributed by atoms with Crippen LogP contribution in [0.3, 0.4) is 0 Å². The Kier molecular flexibility index (Phi) is 4.74. The van der Waals surface area contributed by atoms with Gasteiger partial charge in [0.2, 0.25) is 0 Å². The average molecular weight is 319 g/mol. The maximum Gasteiger partial charge on any atom is 0.0214 e. The summed E-state index contributed by atoms with van der Waals surface area (Å²) in [5.74, 6) is 8.38. The molecule has 0 aromatic rings. The van der Waals surface area contributed by atoms with Crippen LogP contribution in [0.4, 0.5) is 0 Å². The van der Waals surface area contributed by atoms with Crippen LogP contribution in [-0.4, -0.2) is 0 Å². The van der Waals surface area contributed by atoms with E-state index in [0.29, 0.717) is 5.92 Å². The molecule has 0 bridgehead atoms. The summed E-state index contributed by atoms with van der Waals surface area (Å²) in [6.07, 6.45) is 13.9. The van der Waals surface area contributed by atoms with E-state index in [1.165, 1.54) is 25.7 Å². The molecule has 0 spiro atoms. The summed E-state index contributed by atoms with van der Waals surface area (Å²) >= 11 is 3.57. The van der Waals surface area contributed by atoms with Gasteiger partial charge in [-0.3, -0.25) is 0 Å². The monoisotopic (exact) mass is 318 g/mol. The van der Waals surface area contributed by atoms with E-state index in [9.17, 15) is 0 Å². The molecule has 0 atom stereocenters. The number of hydrogen-bond acceptors (Lipinski definition) is 0. The molecule has 0 N–H and O–H groups in total. The first kappa shape index (κ1) is 14.7. The van der Waals surface area contributed by atoms with Crippen molar-refractivity contribution in [2.45, 2.75) is 46.5 Å². The Bertz CT molecular complexity index is 472. The second-order valence-electron chi connectivity index (χ2n) is 6.51. The molecule has 0 unspecified atom stereocenters. The molecule has 0 amide bonds. The van der Waals surface area contributed by atoms with Crippen LogP contribution in [0.2, 0.25) is 0 Å². The van der Waals surface area contributed by atoms with Gasteiger partial charge in [-0.15, -0.1) is 0 Å². The van der Waals surface area contributed by atoms with Crippen LogP contribution in [-0.2, 0) is 0 Å². The van der Waals surface area contributed by atoms with Gasteiger partial charge >= 0.3 is 0 Å². The van der Waals surface area contributed by atoms with Crippen LogP contribution in [0.1, 0.15) is 46.5 Å². The molecule has 2 aliphatic carbocycles. The van der Waals surface area contributed by atoms with Crippen molar-refractivity contribution in [3.63, 3.8) is 0 Å². The Morgan fingerprint density at radius 1 is 1.11 bits per heavy atom. The lowest BCUT2D eigenvalue weighted by Gasteiger charge is -2.22. The van der Waals surface area contributed by atoms with Crippen molar-refractivity contribution in [2.75, 3.05) is 0 Å². The number of hydrogen-bond donors (Lipinski definition) is 0. The fourth-order valence-corrected chi connectivity index (χ4v) is 3.45. The maximum atomic E-state index is 3.57. The van der Waals surface area contributed by atoms with Gasteiger partial charge in [-0.2, -0.15) is 0 Å². The molecule has 0 aromatic carbocycles. The van der Waals surface area contributed by atoms with Crippen LogP contribution in [0.15, 0.2) is 34.4 Å². The van der Waals surface area contributed by atoms with Gasteiger partial charge in [0, 0.05) is 21.4 Å². The lowest BCUT2D eigenvalue weighted by atomic mass is 9.83. The topological polar surface area (TPSA) is 0 Å². The smallest absolute Gasteiger partial charge is 0.0214 e. The molecule has 1 saturated carbocycles. The maximum absolute atomic E-state index is 3.57. The minimum Gasteiger partial charge on any atom is -0.0945 e. The molecule has 0 nitrogen and oxygen atoms in total. The number of rotatable bonds is 0. The summed E-state index contributed by atoms with van der Waals surface area (Å²) in [6, 6.07) is 0. The molecular formula is C18H23Br. The van der Waals surface area contributed by atoms with Crippen molar-refractivity contribution >= 4 is 15.9 Å². The average Bonchev–Trinajstić information content (AvgIpc) is 2.46. The molecule has 102 valence electrons. The van der Waals surface area contributed by atoms with Crippen molar-refractivity contribution in [1.29, 1.82) is 0 Å². The SMILES string of the molecule is CC1CCC(C#CC2=CC(C)(C)C=C(Br)C=C2)CC1. The Morgan fingerprint density at radius 2 is 1.79 bits per heavy atom. The van der Waals surface area contributed by atoms with Crippen molar-refractivity contribution < 1.29 is 0 Å². The second kappa shape index (κ2) is 6.14. The second-order valence-corrected chi connectivity index (χ2v) is 7.43. The highest BCUT2D eigenvalue weighted by Crippen LogP contribution is 2.30. The number of allylic oxidation sites excluding steroid dienone is 6. The Hall–Kier alpha value is -0.740. The van der Waals surface area contributed by atoms with Crippen LogP contribution in [0, 0.1) is 29.1 Å². The highest BCUT2D eigenvalue weighted by Gasteiger charge is 2.17. The number of halogens is 1. The molecule has 1 heteroatoms. The van der Waals surface area contributed by atoms with E-state index < -0.39 is 0 Å². The van der Waals surface area contributed by atoms with Gasteiger partial charge in [0.1, 0.15) is 0 Å². The third kappa shape index (κ3) is 4.69. The van der Waals surface area contributed by atoms with E-state index in [1.54, 1.807) is 0 Å². The zero-order valence-corrected chi connectivity index (χ0v) is 13.8. The van der Waals surface area contributed by atoms with Gasteiger partial charge in [-0.25, -0.2) is 0 Å². The van der Waals surface area contributed by atoms with Crippen LogP contribution >= 0.6 is 15.9 Å². The molecule has 0 aromatic heterocycles. The van der Waals surface area contributed by atoms with Crippen LogP contribution < -0.4 is 0 Å². The normalized spacial score (nSPS) is 29.7. The first-order chi connectivity index (χ1) is 8.94. The highest BCUT2D eigenvalue weighted by atomic mass is 79.9. The molecular weight excluding hydrogens is 296 g/mol. The predicted molar refractivity (Wildman–Crippen MR) is 86.9 cm³/mol. The zero-order chi connectivity index (χ0) is 13.9. The van der Waals surface area contributed by atoms with Gasteiger partial charge in [0.15, 0.2) is 0 Å². The van der Waals surface area contributed by atoms with Gasteiger partial charge in [0.25, 0.3) is 0 Å². The summed E-state index contributed by atoms with van der Waals surface area (Å²) in [6.45, 7) is 6.78. The molecule has 0 saturated heterocycles. The molecule has 0 aliphatic heterocycles. The van der Waals surface area contributed by atoms with Crippen molar-refractivity contribution in [2.24, 2.45) is 17.3 Å². The first-order valence-corrected chi connectivity index (χ1v) is 8.05. The van der Waals surface area contributed by atoms with Crippen molar-refractivity contribution in [1.82, 2.24) is 0 Å². The molecule has 1 fully saturated rings. The highest BCUT2D eigenvalue weighted by molar-refractivity contribution is 9.11. The third-order valence-electron chi connectivity index (χ3n) is 3.90. The van der Waals surface area contributed by atoms with Crippen LogP contribution in [0.5, 0.6) is 0 Å². The quantitative estimate of drug-likeness (QED) is 0.509. The van der Waals surface area contributed by atoms with E-state index in [2.05, 4.69) is 72.8 Å². The van der Waals surface area contributed by atoms with Gasteiger partial charge in [-0.05, 0) is 43.8 Å². The standard InChI is InChI=1S/C18H23Br/c1-14-4-6-15(7-5-14)8-9-16-10-11-17(19)13-18(2,3)12-16/h10-15H,4-7H2,1-3H3. The Labute approximate surface area is 126 Å². The summed E-state index contributed by atoms with van der Waals surface area (Å²) in [7, 11) is 0. The van der Waals surface area contributed by atoms with Gasteiger partial charge < -0.3 is 0 Å². The van der Waals surface area contributed by atoms with E-state index >= 15 is 0 Å². The minimum absolute atomic E-state index is 0.0629.